The Hall–Kier alpha value is -2.83. The zero-order valence-electron chi connectivity index (χ0n) is 11.2. The van der Waals surface area contributed by atoms with E-state index >= 15 is 0 Å². The van der Waals surface area contributed by atoms with Gasteiger partial charge in [-0.25, -0.2) is 4.98 Å². The van der Waals surface area contributed by atoms with Gasteiger partial charge in [-0.15, -0.1) is 0 Å². The lowest BCUT2D eigenvalue weighted by molar-refractivity contribution is 0.318. The van der Waals surface area contributed by atoms with Crippen LogP contribution in [0.15, 0.2) is 46.6 Å². The zero-order valence-corrected chi connectivity index (χ0v) is 11.2. The number of aryl methyl sites for hydroxylation is 1. The smallest absolute Gasteiger partial charge is 0.293 e. The first kappa shape index (κ1) is 13.6. The van der Waals surface area contributed by atoms with Crippen LogP contribution >= 0.6 is 0 Å². The van der Waals surface area contributed by atoms with Gasteiger partial charge in [0.2, 0.25) is 0 Å². The molecule has 0 fully saturated rings. The van der Waals surface area contributed by atoms with Crippen LogP contribution < -0.4 is 16.2 Å². The Balaban J connectivity index is 2.37. The van der Waals surface area contributed by atoms with E-state index in [1.54, 1.807) is 55.7 Å². The normalized spacial score (nSPS) is 11.4. The molecule has 0 aliphatic heterocycles. The molecule has 0 amide bonds. The van der Waals surface area contributed by atoms with Crippen LogP contribution in [0, 0.1) is 0 Å². The molecule has 2 aromatic rings. The SMILES string of the molecule is CN(c1ccc(C(N)=NO)cc1)c1nccn(C)c1=O. The van der Waals surface area contributed by atoms with Gasteiger partial charge >= 0.3 is 0 Å². The summed E-state index contributed by atoms with van der Waals surface area (Å²) in [5, 5.41) is 11.5. The van der Waals surface area contributed by atoms with Gasteiger partial charge in [0.15, 0.2) is 11.7 Å². The Kier molecular flexibility index (Phi) is 3.69. The summed E-state index contributed by atoms with van der Waals surface area (Å²) in [5.41, 5.74) is 6.68. The van der Waals surface area contributed by atoms with Crippen molar-refractivity contribution in [2.45, 2.75) is 0 Å². The topological polar surface area (TPSA) is 96.7 Å². The van der Waals surface area contributed by atoms with Crippen molar-refractivity contribution >= 4 is 17.3 Å². The third-order valence-electron chi connectivity index (χ3n) is 2.97. The Bertz CT molecular complexity index is 691. The van der Waals surface area contributed by atoms with Crippen molar-refractivity contribution in [1.29, 1.82) is 0 Å². The fraction of sp³-hybridized carbons (Fsp3) is 0.154. The van der Waals surface area contributed by atoms with Crippen molar-refractivity contribution < 1.29 is 5.21 Å². The van der Waals surface area contributed by atoms with Crippen LogP contribution in [0.5, 0.6) is 0 Å². The standard InChI is InChI=1S/C13H15N5O2/c1-17-8-7-15-12(13(17)19)18(2)10-5-3-9(4-6-10)11(14)16-20/h3-8,20H,1-2H3,(H2,14,16). The molecular formula is C13H15N5O2. The molecule has 7 nitrogen and oxygen atoms in total. The minimum atomic E-state index is -0.185. The van der Waals surface area contributed by atoms with Crippen LogP contribution in [-0.4, -0.2) is 27.6 Å². The Morgan fingerprint density at radius 1 is 1.40 bits per heavy atom. The van der Waals surface area contributed by atoms with E-state index in [1.807, 2.05) is 0 Å². The number of nitrogens with two attached hydrogens (primary N) is 1. The van der Waals surface area contributed by atoms with Crippen LogP contribution in [0.3, 0.4) is 0 Å². The molecule has 0 bridgehead atoms. The molecule has 1 heterocycles. The number of anilines is 2. The average Bonchev–Trinajstić information content (AvgIpc) is 2.48. The van der Waals surface area contributed by atoms with E-state index in [1.165, 1.54) is 4.57 Å². The minimum Gasteiger partial charge on any atom is -0.409 e. The Morgan fingerprint density at radius 3 is 2.65 bits per heavy atom. The molecule has 0 radical (unpaired) electrons. The number of hydrogen-bond donors (Lipinski definition) is 2. The monoisotopic (exact) mass is 273 g/mol. The molecule has 20 heavy (non-hydrogen) atoms. The lowest BCUT2D eigenvalue weighted by Crippen LogP contribution is -2.26. The van der Waals surface area contributed by atoms with Gasteiger partial charge in [-0.1, -0.05) is 5.16 Å². The molecule has 0 atom stereocenters. The third kappa shape index (κ3) is 2.46. The summed E-state index contributed by atoms with van der Waals surface area (Å²) in [7, 11) is 3.42. The van der Waals surface area contributed by atoms with Crippen molar-refractivity contribution in [2.24, 2.45) is 17.9 Å². The number of nitrogens with zero attached hydrogens (tertiary/aromatic N) is 4. The van der Waals surface area contributed by atoms with Crippen molar-refractivity contribution in [3.05, 3.63) is 52.6 Å². The summed E-state index contributed by atoms with van der Waals surface area (Å²) in [6, 6.07) is 6.94. The third-order valence-corrected chi connectivity index (χ3v) is 2.97. The van der Waals surface area contributed by atoms with Gasteiger partial charge < -0.3 is 20.4 Å². The summed E-state index contributed by atoms with van der Waals surface area (Å²) in [6.45, 7) is 0. The number of benzene rings is 1. The molecule has 1 aromatic carbocycles. The predicted octanol–water partition coefficient (Wildman–Crippen LogP) is 0.643. The summed E-state index contributed by atoms with van der Waals surface area (Å²) < 4.78 is 1.46. The van der Waals surface area contributed by atoms with Crippen molar-refractivity contribution in [3.8, 4) is 0 Å². The van der Waals surface area contributed by atoms with Gasteiger partial charge in [0.1, 0.15) is 0 Å². The van der Waals surface area contributed by atoms with Crippen LogP contribution in [0.2, 0.25) is 0 Å². The van der Waals surface area contributed by atoms with Gasteiger partial charge in [-0.2, -0.15) is 0 Å². The lowest BCUT2D eigenvalue weighted by Gasteiger charge is -2.18. The van der Waals surface area contributed by atoms with Gasteiger partial charge in [0, 0.05) is 37.7 Å². The number of rotatable bonds is 3. The highest BCUT2D eigenvalue weighted by atomic mass is 16.4. The first-order valence-electron chi connectivity index (χ1n) is 5.88. The Morgan fingerprint density at radius 2 is 2.05 bits per heavy atom. The molecule has 0 spiro atoms. The maximum absolute atomic E-state index is 12.0. The number of aromatic nitrogens is 2. The molecule has 0 saturated heterocycles. The van der Waals surface area contributed by atoms with Crippen molar-refractivity contribution in [3.63, 3.8) is 0 Å². The van der Waals surface area contributed by atoms with Gasteiger partial charge in [-0.3, -0.25) is 4.79 Å². The summed E-state index contributed by atoms with van der Waals surface area (Å²) in [4.78, 5) is 17.8. The zero-order chi connectivity index (χ0) is 14.7. The predicted molar refractivity (Wildman–Crippen MR) is 76.5 cm³/mol. The largest absolute Gasteiger partial charge is 0.409 e. The fourth-order valence-corrected chi connectivity index (χ4v) is 1.75. The molecule has 1 aromatic heterocycles. The van der Waals surface area contributed by atoms with E-state index < -0.39 is 0 Å². The number of oxime groups is 1. The van der Waals surface area contributed by atoms with E-state index in [9.17, 15) is 4.79 Å². The molecule has 0 aliphatic rings. The molecule has 104 valence electrons. The highest BCUT2D eigenvalue weighted by Gasteiger charge is 2.11. The van der Waals surface area contributed by atoms with Crippen molar-refractivity contribution in [2.75, 3.05) is 11.9 Å². The second-order valence-electron chi connectivity index (χ2n) is 4.26. The second kappa shape index (κ2) is 5.43. The maximum atomic E-state index is 12.0. The average molecular weight is 273 g/mol. The van der Waals surface area contributed by atoms with Gasteiger partial charge in [0.25, 0.3) is 5.56 Å². The molecule has 0 unspecified atom stereocenters. The summed E-state index contributed by atoms with van der Waals surface area (Å²) in [6.07, 6.45) is 3.17. The van der Waals surface area contributed by atoms with E-state index in [4.69, 9.17) is 10.9 Å². The first-order valence-corrected chi connectivity index (χ1v) is 5.88. The number of amidine groups is 1. The fourth-order valence-electron chi connectivity index (χ4n) is 1.75. The molecule has 0 aliphatic carbocycles. The first-order chi connectivity index (χ1) is 9.54. The Labute approximate surface area is 115 Å². The van der Waals surface area contributed by atoms with E-state index in [-0.39, 0.29) is 11.4 Å². The van der Waals surface area contributed by atoms with Crippen molar-refractivity contribution in [1.82, 2.24) is 9.55 Å². The molecule has 7 heteroatoms. The minimum absolute atomic E-state index is 0.0351. The second-order valence-corrected chi connectivity index (χ2v) is 4.26. The maximum Gasteiger partial charge on any atom is 0.293 e. The van der Waals surface area contributed by atoms with Gasteiger partial charge in [0.05, 0.1) is 0 Å². The molecule has 3 N–H and O–H groups in total. The summed E-state index contributed by atoms with van der Waals surface area (Å²) >= 11 is 0. The highest BCUT2D eigenvalue weighted by Crippen LogP contribution is 2.19. The van der Waals surface area contributed by atoms with E-state index in [0.29, 0.717) is 11.4 Å². The number of hydrogen-bond acceptors (Lipinski definition) is 5. The van der Waals surface area contributed by atoms with E-state index in [0.717, 1.165) is 5.69 Å². The van der Waals surface area contributed by atoms with Crippen LogP contribution in [0.25, 0.3) is 0 Å². The molecule has 2 rings (SSSR count). The molecular weight excluding hydrogens is 258 g/mol. The lowest BCUT2D eigenvalue weighted by atomic mass is 10.2. The van der Waals surface area contributed by atoms with Crippen LogP contribution in [0.4, 0.5) is 11.5 Å². The van der Waals surface area contributed by atoms with E-state index in [2.05, 4.69) is 10.1 Å². The summed E-state index contributed by atoms with van der Waals surface area (Å²) in [5.74, 6) is 0.361. The van der Waals surface area contributed by atoms with Crippen LogP contribution in [-0.2, 0) is 7.05 Å². The highest BCUT2D eigenvalue weighted by molar-refractivity contribution is 5.97. The molecule has 0 saturated carbocycles. The van der Waals surface area contributed by atoms with Crippen LogP contribution in [0.1, 0.15) is 5.56 Å². The van der Waals surface area contributed by atoms with Gasteiger partial charge in [-0.05, 0) is 24.3 Å². The quantitative estimate of drug-likeness (QED) is 0.370.